The van der Waals surface area contributed by atoms with Gasteiger partial charge in [0.15, 0.2) is 5.69 Å². The third kappa shape index (κ3) is 6.04. The molecule has 0 unspecified atom stereocenters. The predicted molar refractivity (Wildman–Crippen MR) is 92.3 cm³/mol. The van der Waals surface area contributed by atoms with Gasteiger partial charge in [-0.25, -0.2) is 4.98 Å². The maximum atomic E-state index is 12.8. The van der Waals surface area contributed by atoms with Gasteiger partial charge in [-0.15, -0.1) is 0 Å². The molecule has 3 atom stereocenters. The van der Waals surface area contributed by atoms with Gasteiger partial charge in [0.1, 0.15) is 5.82 Å². The molecule has 28 heavy (non-hydrogen) atoms. The molecule has 0 spiro atoms. The van der Waals surface area contributed by atoms with Crippen LogP contribution in [0.5, 0.6) is 0 Å². The number of rotatable bonds is 7. The lowest BCUT2D eigenvalue weighted by Crippen LogP contribution is -2.55. The highest BCUT2D eigenvalue weighted by atomic mass is 19.4. The Hall–Kier alpha value is -2.43. The number of piperidine rings is 1. The number of nitrogens with zero attached hydrogens (tertiary/aromatic N) is 3. The molecule has 2 rings (SSSR count). The van der Waals surface area contributed by atoms with Crippen LogP contribution in [0.1, 0.15) is 38.3 Å². The number of aliphatic hydroxyl groups is 1. The molecule has 11 heteroatoms. The van der Waals surface area contributed by atoms with E-state index in [-0.39, 0.29) is 43.6 Å². The fourth-order valence-electron chi connectivity index (χ4n) is 2.99. The SMILES string of the molecule is C[C@@H]1[C@@H](Nc2cncc(C(F)(F)F)n2)CN(C(=O)CCCCC(=O)O)C[C@@H]1O. The van der Waals surface area contributed by atoms with E-state index in [1.807, 2.05) is 0 Å². The lowest BCUT2D eigenvalue weighted by atomic mass is 9.90. The fourth-order valence-corrected chi connectivity index (χ4v) is 2.99. The van der Waals surface area contributed by atoms with Crippen molar-refractivity contribution in [3.63, 3.8) is 0 Å². The zero-order valence-corrected chi connectivity index (χ0v) is 15.3. The van der Waals surface area contributed by atoms with Gasteiger partial charge in [-0.3, -0.25) is 14.6 Å². The third-order valence-electron chi connectivity index (χ3n) is 4.71. The second-order valence-electron chi connectivity index (χ2n) is 6.86. The number of unbranched alkanes of at least 4 members (excludes halogenated alkanes) is 1. The summed E-state index contributed by atoms with van der Waals surface area (Å²) >= 11 is 0. The van der Waals surface area contributed by atoms with Gasteiger partial charge in [-0.1, -0.05) is 6.92 Å². The Bertz CT molecular complexity index is 701. The Morgan fingerprint density at radius 3 is 2.57 bits per heavy atom. The predicted octanol–water partition coefficient (Wildman–Crippen LogP) is 1.76. The van der Waals surface area contributed by atoms with Crippen molar-refractivity contribution in [2.75, 3.05) is 18.4 Å². The molecule has 1 fully saturated rings. The normalized spacial score (nSPS) is 22.8. The Morgan fingerprint density at radius 1 is 1.25 bits per heavy atom. The van der Waals surface area contributed by atoms with E-state index < -0.39 is 30.0 Å². The van der Waals surface area contributed by atoms with Crippen LogP contribution in [0.25, 0.3) is 0 Å². The lowest BCUT2D eigenvalue weighted by Gasteiger charge is -2.40. The van der Waals surface area contributed by atoms with Gasteiger partial charge in [-0.05, 0) is 12.8 Å². The summed E-state index contributed by atoms with van der Waals surface area (Å²) in [6, 6.07) is -0.510. The van der Waals surface area contributed by atoms with Gasteiger partial charge in [0.05, 0.1) is 24.5 Å². The van der Waals surface area contributed by atoms with Gasteiger partial charge in [-0.2, -0.15) is 13.2 Å². The molecular weight excluding hydrogens is 381 g/mol. The number of carbonyl (C=O) groups is 2. The first-order valence-corrected chi connectivity index (χ1v) is 8.91. The molecule has 0 aliphatic carbocycles. The van der Waals surface area contributed by atoms with E-state index in [9.17, 15) is 27.9 Å². The molecule has 8 nitrogen and oxygen atoms in total. The summed E-state index contributed by atoms with van der Waals surface area (Å²) in [6.07, 6.45) is -2.80. The van der Waals surface area contributed by atoms with Crippen LogP contribution in [0, 0.1) is 5.92 Å². The number of aromatic nitrogens is 2. The van der Waals surface area contributed by atoms with Gasteiger partial charge >= 0.3 is 12.1 Å². The number of aliphatic carboxylic acids is 1. The van der Waals surface area contributed by atoms with Crippen LogP contribution in [0.2, 0.25) is 0 Å². The number of hydrogen-bond acceptors (Lipinski definition) is 6. The van der Waals surface area contributed by atoms with Crippen molar-refractivity contribution >= 4 is 17.7 Å². The third-order valence-corrected chi connectivity index (χ3v) is 4.71. The Kier molecular flexibility index (Phi) is 7.17. The van der Waals surface area contributed by atoms with Crippen LogP contribution in [0.15, 0.2) is 12.4 Å². The number of anilines is 1. The van der Waals surface area contributed by atoms with Gasteiger partial charge in [0.2, 0.25) is 5.91 Å². The molecule has 1 aliphatic rings. The summed E-state index contributed by atoms with van der Waals surface area (Å²) in [4.78, 5) is 31.3. The average molecular weight is 404 g/mol. The van der Waals surface area contributed by atoms with Crippen molar-refractivity contribution in [1.82, 2.24) is 14.9 Å². The first-order chi connectivity index (χ1) is 13.1. The molecule has 1 aromatic heterocycles. The Labute approximate surface area is 159 Å². The zero-order chi connectivity index (χ0) is 20.9. The molecular formula is C17H23F3N4O4. The molecule has 2 heterocycles. The van der Waals surface area contributed by atoms with Gasteiger partial charge in [0, 0.05) is 31.8 Å². The van der Waals surface area contributed by atoms with Gasteiger partial charge in [0.25, 0.3) is 0 Å². The number of amides is 1. The lowest BCUT2D eigenvalue weighted by molar-refractivity contribution is -0.141. The monoisotopic (exact) mass is 404 g/mol. The summed E-state index contributed by atoms with van der Waals surface area (Å²) in [7, 11) is 0. The van der Waals surface area contributed by atoms with Crippen LogP contribution in [0.3, 0.4) is 0 Å². The molecule has 0 aromatic carbocycles. The number of halogens is 3. The van der Waals surface area contributed by atoms with E-state index in [0.29, 0.717) is 19.0 Å². The zero-order valence-electron chi connectivity index (χ0n) is 15.3. The first-order valence-electron chi connectivity index (χ1n) is 8.91. The van der Waals surface area contributed by atoms with E-state index >= 15 is 0 Å². The smallest absolute Gasteiger partial charge is 0.434 e. The molecule has 1 aromatic rings. The van der Waals surface area contributed by atoms with E-state index in [1.54, 1.807) is 6.92 Å². The van der Waals surface area contributed by atoms with Crippen molar-refractivity contribution in [3.05, 3.63) is 18.1 Å². The number of carbonyl (C=O) groups excluding carboxylic acids is 1. The topological polar surface area (TPSA) is 116 Å². The minimum atomic E-state index is -4.62. The number of likely N-dealkylation sites (tertiary alicyclic amines) is 1. The molecule has 1 aliphatic heterocycles. The summed E-state index contributed by atoms with van der Waals surface area (Å²) in [5.41, 5.74) is -1.13. The maximum absolute atomic E-state index is 12.8. The molecule has 0 radical (unpaired) electrons. The highest BCUT2D eigenvalue weighted by Gasteiger charge is 2.36. The molecule has 1 saturated heterocycles. The summed E-state index contributed by atoms with van der Waals surface area (Å²) in [6.45, 7) is 2.04. The van der Waals surface area contributed by atoms with Crippen LogP contribution in [-0.4, -0.2) is 62.2 Å². The number of hydrogen-bond donors (Lipinski definition) is 3. The summed E-state index contributed by atoms with van der Waals surface area (Å²) in [5.74, 6) is -1.58. The molecule has 0 bridgehead atoms. The van der Waals surface area contributed by atoms with Gasteiger partial charge < -0.3 is 20.4 Å². The van der Waals surface area contributed by atoms with Crippen LogP contribution in [0.4, 0.5) is 19.0 Å². The van der Waals surface area contributed by atoms with Crippen molar-refractivity contribution in [3.8, 4) is 0 Å². The first kappa shape index (κ1) is 21.9. The molecule has 3 N–H and O–H groups in total. The minimum Gasteiger partial charge on any atom is -0.481 e. The van der Waals surface area contributed by atoms with Crippen LogP contribution >= 0.6 is 0 Å². The van der Waals surface area contributed by atoms with Crippen LogP contribution in [-0.2, 0) is 15.8 Å². The van der Waals surface area contributed by atoms with E-state index in [4.69, 9.17) is 5.11 Å². The number of carboxylic acids is 1. The van der Waals surface area contributed by atoms with Crippen molar-refractivity contribution in [2.45, 2.75) is 50.9 Å². The number of aliphatic hydroxyl groups excluding tert-OH is 1. The summed E-state index contributed by atoms with van der Waals surface area (Å²) in [5, 5.41) is 21.7. The quantitative estimate of drug-likeness (QED) is 0.593. The Morgan fingerprint density at radius 2 is 1.93 bits per heavy atom. The maximum Gasteiger partial charge on any atom is 0.434 e. The highest BCUT2D eigenvalue weighted by molar-refractivity contribution is 5.76. The van der Waals surface area contributed by atoms with E-state index in [2.05, 4.69) is 15.3 Å². The van der Waals surface area contributed by atoms with Crippen LogP contribution < -0.4 is 5.32 Å². The average Bonchev–Trinajstić information content (AvgIpc) is 2.61. The molecule has 156 valence electrons. The van der Waals surface area contributed by atoms with E-state index in [1.165, 1.54) is 4.90 Å². The standard InChI is InChI=1S/C17H23F3N4O4/c1-10-11(22-14-7-21-6-13(23-14)17(18,19)20)8-24(9-12(10)25)15(26)4-2-3-5-16(27)28/h6-7,10-12,25H,2-5,8-9H2,1H3,(H,22,23)(H,27,28)/t10-,11+,12+/m1/s1. The van der Waals surface area contributed by atoms with E-state index in [0.717, 1.165) is 6.20 Å². The number of carboxylic acid groups (broad SMARTS) is 1. The van der Waals surface area contributed by atoms with Crippen molar-refractivity contribution < 1.29 is 33.0 Å². The largest absolute Gasteiger partial charge is 0.481 e. The molecule has 0 saturated carbocycles. The minimum absolute atomic E-state index is 0.0225. The number of β-amino-alcohol motifs (C(OH)–C–C–N with tert-alkyl or cyclic N) is 1. The molecule has 1 amide bonds. The highest BCUT2D eigenvalue weighted by Crippen LogP contribution is 2.28. The Balaban J connectivity index is 2.00. The number of alkyl halides is 3. The van der Waals surface area contributed by atoms with Crippen molar-refractivity contribution in [1.29, 1.82) is 0 Å². The summed E-state index contributed by atoms with van der Waals surface area (Å²) < 4.78 is 38.4. The second-order valence-corrected chi connectivity index (χ2v) is 6.86. The fraction of sp³-hybridized carbons (Fsp3) is 0.647. The number of nitrogens with one attached hydrogen (secondary N) is 1. The van der Waals surface area contributed by atoms with Crippen molar-refractivity contribution in [2.24, 2.45) is 5.92 Å². The second kappa shape index (κ2) is 9.18.